The summed E-state index contributed by atoms with van der Waals surface area (Å²) in [6.07, 6.45) is 6.74. The lowest BCUT2D eigenvalue weighted by atomic mass is 9.78. The van der Waals surface area contributed by atoms with Crippen molar-refractivity contribution in [2.75, 3.05) is 26.7 Å². The second-order valence-corrected chi connectivity index (χ2v) is 9.29. The maximum absolute atomic E-state index is 15.4. The van der Waals surface area contributed by atoms with E-state index in [1.54, 1.807) is 19.4 Å². The monoisotopic (exact) mass is 428 g/mol. The minimum atomic E-state index is -1.10. The van der Waals surface area contributed by atoms with Gasteiger partial charge in [-0.3, -0.25) is 9.78 Å². The van der Waals surface area contributed by atoms with Gasteiger partial charge >= 0.3 is 5.97 Å². The molecule has 0 radical (unpaired) electrons. The number of methoxy groups -OCH3 is 1. The molecule has 31 heavy (non-hydrogen) atoms. The first-order valence-electron chi connectivity index (χ1n) is 11.5. The molecule has 0 amide bonds. The van der Waals surface area contributed by atoms with Crippen molar-refractivity contribution in [1.82, 2.24) is 9.88 Å². The lowest BCUT2D eigenvalue weighted by molar-refractivity contribution is -0.139. The van der Waals surface area contributed by atoms with Gasteiger partial charge in [-0.05, 0) is 86.2 Å². The van der Waals surface area contributed by atoms with Gasteiger partial charge in [-0.1, -0.05) is 6.42 Å². The predicted molar refractivity (Wildman–Crippen MR) is 119 cm³/mol. The lowest BCUT2D eigenvalue weighted by Crippen LogP contribution is -2.44. The third kappa shape index (κ3) is 5.35. The highest BCUT2D eigenvalue weighted by molar-refractivity contribution is 5.83. The smallest absolute Gasteiger partial charge is 0.303 e. The molecule has 6 heteroatoms. The van der Waals surface area contributed by atoms with E-state index in [2.05, 4.69) is 9.88 Å². The van der Waals surface area contributed by atoms with Crippen LogP contribution in [0.2, 0.25) is 0 Å². The van der Waals surface area contributed by atoms with Crippen LogP contribution >= 0.6 is 0 Å². The molecule has 2 aromatic rings. The van der Waals surface area contributed by atoms with E-state index in [9.17, 15) is 9.90 Å². The number of aromatic nitrogens is 1. The van der Waals surface area contributed by atoms with Crippen molar-refractivity contribution in [2.24, 2.45) is 17.8 Å². The number of alkyl halides is 1. The van der Waals surface area contributed by atoms with Crippen LogP contribution in [0.4, 0.5) is 4.39 Å². The molecule has 1 N–H and O–H groups in total. The minimum absolute atomic E-state index is 0.104. The lowest BCUT2D eigenvalue weighted by Gasteiger charge is -2.41. The number of rotatable bonds is 9. The van der Waals surface area contributed by atoms with Crippen LogP contribution in [0.25, 0.3) is 10.9 Å². The van der Waals surface area contributed by atoms with Crippen molar-refractivity contribution in [3.05, 3.63) is 36.0 Å². The molecule has 1 aromatic heterocycles. The number of halogens is 1. The van der Waals surface area contributed by atoms with E-state index < -0.39 is 12.1 Å². The number of aliphatic carboxylic acids is 1. The van der Waals surface area contributed by atoms with E-state index in [-0.39, 0.29) is 18.3 Å². The molecule has 5 nitrogen and oxygen atoms in total. The highest BCUT2D eigenvalue weighted by atomic mass is 19.1. The van der Waals surface area contributed by atoms with Gasteiger partial charge in [-0.15, -0.1) is 0 Å². The number of fused-ring (bicyclic) bond motifs is 1. The molecule has 0 spiro atoms. The zero-order valence-corrected chi connectivity index (χ0v) is 18.3. The summed E-state index contributed by atoms with van der Waals surface area (Å²) in [6.45, 7) is 2.93. The van der Waals surface area contributed by atoms with Gasteiger partial charge in [0.2, 0.25) is 0 Å². The molecular formula is C25H33FN2O3. The Kier molecular flexibility index (Phi) is 7.06. The molecule has 2 heterocycles. The number of carbonyl (C=O) groups is 1. The van der Waals surface area contributed by atoms with E-state index in [1.165, 1.54) is 19.3 Å². The first kappa shape index (κ1) is 22.0. The number of hydrogen-bond acceptors (Lipinski definition) is 4. The summed E-state index contributed by atoms with van der Waals surface area (Å²) in [5.74, 6) is 1.09. The summed E-state index contributed by atoms with van der Waals surface area (Å²) in [6, 6.07) is 7.28. The Morgan fingerprint density at radius 3 is 2.84 bits per heavy atom. The van der Waals surface area contributed by atoms with Gasteiger partial charge in [-0.2, -0.15) is 0 Å². The van der Waals surface area contributed by atoms with Crippen LogP contribution in [-0.4, -0.2) is 47.7 Å². The van der Waals surface area contributed by atoms with Gasteiger partial charge in [0.1, 0.15) is 11.9 Å². The zero-order valence-electron chi connectivity index (χ0n) is 18.3. The van der Waals surface area contributed by atoms with E-state index in [1.807, 2.05) is 18.2 Å². The van der Waals surface area contributed by atoms with Crippen LogP contribution in [0.1, 0.15) is 56.7 Å². The maximum atomic E-state index is 15.4. The SMILES string of the molecule is COc1ccc2nccc([C@H](F)CC[C@@H]3CCN(CC4CCC4)C[C@@H]3CC(=O)O)c2c1. The number of carboxylic acids is 1. The molecule has 1 saturated heterocycles. The Labute approximate surface area is 183 Å². The summed E-state index contributed by atoms with van der Waals surface area (Å²) in [5, 5.41) is 10.2. The molecule has 0 unspecified atom stereocenters. The second-order valence-electron chi connectivity index (χ2n) is 9.29. The number of piperidine rings is 1. The number of hydrogen-bond donors (Lipinski definition) is 1. The van der Waals surface area contributed by atoms with Crippen molar-refractivity contribution in [3.63, 3.8) is 0 Å². The van der Waals surface area contributed by atoms with Gasteiger partial charge < -0.3 is 14.7 Å². The molecule has 168 valence electrons. The summed E-state index contributed by atoms with van der Waals surface area (Å²) in [5.41, 5.74) is 1.40. The second kappa shape index (κ2) is 9.94. The predicted octanol–water partition coefficient (Wildman–Crippen LogP) is 5.25. The van der Waals surface area contributed by atoms with Gasteiger partial charge in [-0.25, -0.2) is 4.39 Å². The fourth-order valence-corrected chi connectivity index (χ4v) is 5.26. The van der Waals surface area contributed by atoms with Gasteiger partial charge in [0.25, 0.3) is 0 Å². The van der Waals surface area contributed by atoms with Crippen molar-refractivity contribution in [2.45, 2.75) is 51.1 Å². The van der Waals surface area contributed by atoms with Crippen molar-refractivity contribution in [3.8, 4) is 5.75 Å². The van der Waals surface area contributed by atoms with E-state index >= 15 is 4.39 Å². The standard InChI is InChI=1S/C25H33FN2O3/c1-31-20-6-8-24-22(14-20)21(9-11-27-24)23(26)7-5-18-10-12-28(15-17-3-2-4-17)16-19(18)13-25(29)30/h6,8-9,11,14,17-19,23H,2-5,7,10,12-13,15-16H2,1H3,(H,29,30)/t18-,19+,23-/m1/s1. The topological polar surface area (TPSA) is 62.7 Å². The Morgan fingerprint density at radius 2 is 2.13 bits per heavy atom. The third-order valence-electron chi connectivity index (χ3n) is 7.26. The van der Waals surface area contributed by atoms with Crippen LogP contribution in [0, 0.1) is 17.8 Å². The molecule has 2 fully saturated rings. The first-order valence-corrected chi connectivity index (χ1v) is 11.5. The molecule has 1 aliphatic heterocycles. The average Bonchev–Trinajstić information content (AvgIpc) is 2.74. The number of ether oxygens (including phenoxy) is 1. The summed E-state index contributed by atoms with van der Waals surface area (Å²) in [4.78, 5) is 18.3. The minimum Gasteiger partial charge on any atom is -0.497 e. The Hall–Kier alpha value is -2.21. The number of pyridine rings is 1. The quantitative estimate of drug-likeness (QED) is 0.591. The van der Waals surface area contributed by atoms with Crippen LogP contribution in [0.3, 0.4) is 0 Å². The zero-order chi connectivity index (χ0) is 21.8. The fraction of sp³-hybridized carbons (Fsp3) is 0.600. The van der Waals surface area contributed by atoms with Crippen molar-refractivity contribution >= 4 is 16.9 Å². The van der Waals surface area contributed by atoms with Gasteiger partial charge in [0, 0.05) is 31.1 Å². The van der Waals surface area contributed by atoms with E-state index in [0.717, 1.165) is 42.9 Å². The molecular weight excluding hydrogens is 395 g/mol. The third-order valence-corrected chi connectivity index (χ3v) is 7.26. The first-order chi connectivity index (χ1) is 15.0. The number of benzene rings is 1. The highest BCUT2D eigenvalue weighted by Crippen LogP contribution is 2.37. The van der Waals surface area contributed by atoms with Gasteiger partial charge in [0.15, 0.2) is 0 Å². The van der Waals surface area contributed by atoms with E-state index in [4.69, 9.17) is 4.74 Å². The largest absolute Gasteiger partial charge is 0.497 e. The number of carboxylic acid groups (broad SMARTS) is 1. The molecule has 1 saturated carbocycles. The van der Waals surface area contributed by atoms with Crippen LogP contribution in [0.15, 0.2) is 30.5 Å². The van der Waals surface area contributed by atoms with Crippen molar-refractivity contribution < 1.29 is 19.0 Å². The van der Waals surface area contributed by atoms with Crippen LogP contribution in [0.5, 0.6) is 5.75 Å². The molecule has 4 rings (SSSR count). The maximum Gasteiger partial charge on any atom is 0.303 e. The summed E-state index contributed by atoms with van der Waals surface area (Å²) < 4.78 is 20.7. The highest BCUT2D eigenvalue weighted by Gasteiger charge is 2.33. The van der Waals surface area contributed by atoms with Crippen molar-refractivity contribution in [1.29, 1.82) is 0 Å². The van der Waals surface area contributed by atoms with Gasteiger partial charge in [0.05, 0.1) is 12.6 Å². The molecule has 0 bridgehead atoms. The molecule has 1 aliphatic carbocycles. The van der Waals surface area contributed by atoms with Crippen LogP contribution < -0.4 is 4.74 Å². The molecule has 2 aliphatic rings. The number of nitrogens with zero attached hydrogens (tertiary/aromatic N) is 2. The average molecular weight is 429 g/mol. The summed E-state index contributed by atoms with van der Waals surface area (Å²) >= 11 is 0. The van der Waals surface area contributed by atoms with Crippen LogP contribution in [-0.2, 0) is 4.79 Å². The summed E-state index contributed by atoms with van der Waals surface area (Å²) in [7, 11) is 1.60. The Morgan fingerprint density at radius 1 is 1.29 bits per heavy atom. The molecule has 1 aromatic carbocycles. The normalized spacial score (nSPS) is 23.4. The molecule has 3 atom stereocenters. The fourth-order valence-electron chi connectivity index (χ4n) is 5.26. The number of likely N-dealkylation sites (tertiary alicyclic amines) is 1. The van der Waals surface area contributed by atoms with E-state index in [0.29, 0.717) is 24.2 Å². The Balaban J connectivity index is 1.41. The Bertz CT molecular complexity index is 901.